The van der Waals surface area contributed by atoms with Crippen molar-refractivity contribution in [3.05, 3.63) is 18.2 Å². The van der Waals surface area contributed by atoms with Crippen molar-refractivity contribution in [1.82, 2.24) is 5.32 Å². The van der Waals surface area contributed by atoms with Crippen molar-refractivity contribution >= 4 is 23.0 Å². The normalized spacial score (nSPS) is 19.5. The van der Waals surface area contributed by atoms with Crippen molar-refractivity contribution in [1.29, 1.82) is 0 Å². The fourth-order valence-electron chi connectivity index (χ4n) is 2.15. The molecular formula is C15H22N2O4S. The number of rotatable bonds is 5. The number of anilines is 1. The number of nitrogens with one attached hydrogen (secondary N) is 2. The van der Waals surface area contributed by atoms with Gasteiger partial charge in [-0.15, -0.1) is 0 Å². The maximum atomic E-state index is 5.71. The van der Waals surface area contributed by atoms with Crippen molar-refractivity contribution in [3.8, 4) is 11.5 Å². The van der Waals surface area contributed by atoms with E-state index in [1.54, 1.807) is 14.2 Å². The lowest BCUT2D eigenvalue weighted by Crippen LogP contribution is -2.36. The van der Waals surface area contributed by atoms with Gasteiger partial charge in [-0.3, -0.25) is 0 Å². The van der Waals surface area contributed by atoms with Crippen LogP contribution in [0.2, 0.25) is 0 Å². The van der Waals surface area contributed by atoms with Crippen molar-refractivity contribution in [3.63, 3.8) is 0 Å². The Morgan fingerprint density at radius 1 is 1.36 bits per heavy atom. The Kier molecular flexibility index (Phi) is 5.44. The molecule has 1 atom stereocenters. The summed E-state index contributed by atoms with van der Waals surface area (Å²) >= 11 is 5.30. The first-order valence-electron chi connectivity index (χ1n) is 7.02. The Bertz CT molecular complexity index is 536. The summed E-state index contributed by atoms with van der Waals surface area (Å²) in [6.07, 6.45) is -0.0260. The molecule has 2 rings (SSSR count). The Hall–Kier alpha value is -1.57. The molecule has 2 N–H and O–H groups in total. The van der Waals surface area contributed by atoms with E-state index in [0.717, 1.165) is 11.4 Å². The Morgan fingerprint density at radius 2 is 2.14 bits per heavy atom. The molecule has 1 aromatic carbocycles. The lowest BCUT2D eigenvalue weighted by molar-refractivity contribution is -0.137. The van der Waals surface area contributed by atoms with Crippen LogP contribution in [0.5, 0.6) is 11.5 Å². The molecule has 0 saturated carbocycles. The molecule has 0 radical (unpaired) electrons. The van der Waals surface area contributed by atoms with Crippen LogP contribution in [0.25, 0.3) is 0 Å². The predicted octanol–water partition coefficient (Wildman–Crippen LogP) is 2.14. The first-order valence-corrected chi connectivity index (χ1v) is 7.43. The van der Waals surface area contributed by atoms with Gasteiger partial charge in [-0.2, -0.15) is 0 Å². The van der Waals surface area contributed by atoms with Crippen molar-refractivity contribution in [2.75, 3.05) is 32.7 Å². The second-order valence-electron chi connectivity index (χ2n) is 5.35. The van der Waals surface area contributed by atoms with Gasteiger partial charge < -0.3 is 29.6 Å². The van der Waals surface area contributed by atoms with E-state index in [2.05, 4.69) is 10.6 Å². The van der Waals surface area contributed by atoms with Crippen molar-refractivity contribution in [2.24, 2.45) is 0 Å². The van der Waals surface area contributed by atoms with Crippen molar-refractivity contribution in [2.45, 2.75) is 25.7 Å². The molecule has 0 aromatic heterocycles. The van der Waals surface area contributed by atoms with Gasteiger partial charge in [0, 0.05) is 12.6 Å². The van der Waals surface area contributed by atoms with Gasteiger partial charge in [-0.05, 0) is 38.2 Å². The molecule has 6 nitrogen and oxygen atoms in total. The fourth-order valence-corrected chi connectivity index (χ4v) is 2.34. The summed E-state index contributed by atoms with van der Waals surface area (Å²) in [5, 5.41) is 6.70. The summed E-state index contributed by atoms with van der Waals surface area (Å²) in [6, 6.07) is 5.47. The number of hydrogen-bond acceptors (Lipinski definition) is 5. The van der Waals surface area contributed by atoms with Gasteiger partial charge in [-0.25, -0.2) is 0 Å². The molecule has 7 heteroatoms. The third-order valence-electron chi connectivity index (χ3n) is 3.21. The van der Waals surface area contributed by atoms with E-state index in [-0.39, 0.29) is 6.10 Å². The molecule has 1 fully saturated rings. The highest BCUT2D eigenvalue weighted by Gasteiger charge is 2.32. The number of methoxy groups -OCH3 is 2. The van der Waals surface area contributed by atoms with Crippen LogP contribution in [0.4, 0.5) is 5.69 Å². The highest BCUT2D eigenvalue weighted by molar-refractivity contribution is 7.80. The van der Waals surface area contributed by atoms with Crippen LogP contribution in [-0.2, 0) is 9.47 Å². The molecule has 0 bridgehead atoms. The first kappa shape index (κ1) is 16.8. The maximum Gasteiger partial charge on any atom is 0.170 e. The molecule has 1 aliphatic heterocycles. The molecular weight excluding hydrogens is 304 g/mol. The summed E-state index contributed by atoms with van der Waals surface area (Å²) in [6.45, 7) is 4.90. The molecule has 1 aliphatic rings. The van der Waals surface area contributed by atoms with E-state index < -0.39 is 5.79 Å². The summed E-state index contributed by atoms with van der Waals surface area (Å²) < 4.78 is 21.7. The van der Waals surface area contributed by atoms with Gasteiger partial charge >= 0.3 is 0 Å². The molecule has 1 unspecified atom stereocenters. The second-order valence-corrected chi connectivity index (χ2v) is 5.76. The van der Waals surface area contributed by atoms with E-state index in [9.17, 15) is 0 Å². The monoisotopic (exact) mass is 326 g/mol. The van der Waals surface area contributed by atoms with E-state index in [0.29, 0.717) is 24.0 Å². The fraction of sp³-hybridized carbons (Fsp3) is 0.533. The molecule has 1 heterocycles. The zero-order valence-corrected chi connectivity index (χ0v) is 14.1. The SMILES string of the molecule is COc1ccc(OC)c(NC(=S)NCC2COC(C)(C)O2)c1. The van der Waals surface area contributed by atoms with Gasteiger partial charge in [0.1, 0.15) is 17.6 Å². The van der Waals surface area contributed by atoms with Gasteiger partial charge in [-0.1, -0.05) is 0 Å². The third-order valence-corrected chi connectivity index (χ3v) is 3.46. The van der Waals surface area contributed by atoms with E-state index in [1.807, 2.05) is 32.0 Å². The minimum absolute atomic E-state index is 0.0260. The van der Waals surface area contributed by atoms with Crippen LogP contribution in [0.3, 0.4) is 0 Å². The van der Waals surface area contributed by atoms with Gasteiger partial charge in [0.05, 0.1) is 26.5 Å². The molecule has 1 aromatic rings. The summed E-state index contributed by atoms with van der Waals surface area (Å²) in [7, 11) is 3.22. The van der Waals surface area contributed by atoms with Gasteiger partial charge in [0.25, 0.3) is 0 Å². The number of thiocarbonyl (C=S) groups is 1. The van der Waals surface area contributed by atoms with E-state index >= 15 is 0 Å². The summed E-state index contributed by atoms with van der Waals surface area (Å²) in [5.41, 5.74) is 0.739. The first-order chi connectivity index (χ1) is 10.4. The smallest absolute Gasteiger partial charge is 0.170 e. The lowest BCUT2D eigenvalue weighted by atomic mass is 10.2. The number of ether oxygens (including phenoxy) is 4. The van der Waals surface area contributed by atoms with Crippen LogP contribution in [0.15, 0.2) is 18.2 Å². The minimum Gasteiger partial charge on any atom is -0.497 e. The maximum absolute atomic E-state index is 5.71. The zero-order chi connectivity index (χ0) is 16.2. The summed E-state index contributed by atoms with van der Waals surface area (Å²) in [5.74, 6) is 0.879. The topological polar surface area (TPSA) is 61.0 Å². The van der Waals surface area contributed by atoms with Crippen LogP contribution < -0.4 is 20.1 Å². The van der Waals surface area contributed by atoms with E-state index in [4.69, 9.17) is 31.2 Å². The summed E-state index contributed by atoms with van der Waals surface area (Å²) in [4.78, 5) is 0. The lowest BCUT2D eigenvalue weighted by Gasteiger charge is -2.18. The molecule has 22 heavy (non-hydrogen) atoms. The standard InChI is InChI=1S/C15H22N2O4S/c1-15(2)20-9-11(21-15)8-16-14(22)17-12-7-10(18-3)5-6-13(12)19-4/h5-7,11H,8-9H2,1-4H3,(H2,16,17,22). The average molecular weight is 326 g/mol. The van der Waals surface area contributed by atoms with Crippen molar-refractivity contribution < 1.29 is 18.9 Å². The number of benzene rings is 1. The van der Waals surface area contributed by atoms with Gasteiger partial charge in [0.15, 0.2) is 10.9 Å². The molecule has 0 aliphatic carbocycles. The number of hydrogen-bond donors (Lipinski definition) is 2. The van der Waals surface area contributed by atoms with Gasteiger partial charge in [0.2, 0.25) is 0 Å². The van der Waals surface area contributed by atoms with E-state index in [1.165, 1.54) is 0 Å². The van der Waals surface area contributed by atoms with Crippen LogP contribution >= 0.6 is 12.2 Å². The zero-order valence-electron chi connectivity index (χ0n) is 13.3. The molecule has 122 valence electrons. The Labute approximate surface area is 136 Å². The third kappa shape index (κ3) is 4.46. The second kappa shape index (κ2) is 7.13. The largest absolute Gasteiger partial charge is 0.497 e. The Balaban J connectivity index is 1.89. The highest BCUT2D eigenvalue weighted by atomic mass is 32.1. The van der Waals surface area contributed by atoms with Crippen LogP contribution in [0, 0.1) is 0 Å². The molecule has 1 saturated heterocycles. The predicted molar refractivity (Wildman–Crippen MR) is 88.7 cm³/mol. The average Bonchev–Trinajstić information content (AvgIpc) is 2.84. The van der Waals surface area contributed by atoms with Crippen LogP contribution in [0.1, 0.15) is 13.8 Å². The molecule has 0 spiro atoms. The van der Waals surface area contributed by atoms with Crippen LogP contribution in [-0.4, -0.2) is 44.4 Å². The highest BCUT2D eigenvalue weighted by Crippen LogP contribution is 2.28. The quantitative estimate of drug-likeness (QED) is 0.804. The Morgan fingerprint density at radius 3 is 2.73 bits per heavy atom. The molecule has 0 amide bonds. The minimum atomic E-state index is -0.530.